The van der Waals surface area contributed by atoms with Crippen LogP contribution in [0.25, 0.3) is 0 Å². The fourth-order valence-corrected chi connectivity index (χ4v) is 2.35. The Kier molecular flexibility index (Phi) is 6.12. The molecule has 0 radical (unpaired) electrons. The summed E-state index contributed by atoms with van der Waals surface area (Å²) in [6.45, 7) is 4.69. The number of nitrogens with one attached hydrogen (secondary N) is 2. The highest BCUT2D eigenvalue weighted by Gasteiger charge is 2.31. The van der Waals surface area contributed by atoms with Crippen molar-refractivity contribution < 1.29 is 14.7 Å². The van der Waals surface area contributed by atoms with E-state index in [1.165, 1.54) is 0 Å². The van der Waals surface area contributed by atoms with E-state index in [2.05, 4.69) is 10.6 Å². The molecule has 1 aliphatic rings. The Bertz CT molecular complexity index is 292. The van der Waals surface area contributed by atoms with Gasteiger partial charge < -0.3 is 15.7 Å². The normalized spacial score (nSPS) is 23.9. The third-order valence-corrected chi connectivity index (χ3v) is 3.33. The fourth-order valence-electron chi connectivity index (χ4n) is 2.35. The van der Waals surface area contributed by atoms with Crippen LogP contribution in [-0.4, -0.2) is 35.6 Å². The first kappa shape index (κ1) is 15.0. The van der Waals surface area contributed by atoms with E-state index in [1.54, 1.807) is 0 Å². The van der Waals surface area contributed by atoms with Crippen LogP contribution in [0.2, 0.25) is 0 Å². The van der Waals surface area contributed by atoms with Crippen LogP contribution in [-0.2, 0) is 9.59 Å². The Morgan fingerprint density at radius 2 is 1.94 bits per heavy atom. The first-order valence-electron chi connectivity index (χ1n) is 6.76. The summed E-state index contributed by atoms with van der Waals surface area (Å²) in [6.07, 6.45) is 3.79. The van der Waals surface area contributed by atoms with Crippen LogP contribution in [0.1, 0.15) is 46.0 Å². The second kappa shape index (κ2) is 7.36. The molecule has 0 aromatic heterocycles. The molecule has 0 spiro atoms. The van der Waals surface area contributed by atoms with E-state index >= 15 is 0 Å². The van der Waals surface area contributed by atoms with Crippen LogP contribution in [0.3, 0.4) is 0 Å². The van der Waals surface area contributed by atoms with Gasteiger partial charge in [0.25, 0.3) is 0 Å². The summed E-state index contributed by atoms with van der Waals surface area (Å²) in [5.41, 5.74) is 0. The monoisotopic (exact) mass is 256 g/mol. The summed E-state index contributed by atoms with van der Waals surface area (Å²) in [7, 11) is 0. The lowest BCUT2D eigenvalue weighted by atomic mass is 9.84. The molecule has 0 bridgehead atoms. The number of aliphatic carboxylic acids is 1. The van der Waals surface area contributed by atoms with E-state index in [4.69, 9.17) is 5.11 Å². The number of carboxylic acids is 1. The number of amides is 1. The van der Waals surface area contributed by atoms with Gasteiger partial charge in [0.05, 0.1) is 5.92 Å². The minimum atomic E-state index is -0.791. The number of hydrogen-bond acceptors (Lipinski definition) is 3. The van der Waals surface area contributed by atoms with Crippen LogP contribution in [0.4, 0.5) is 0 Å². The summed E-state index contributed by atoms with van der Waals surface area (Å²) in [4.78, 5) is 22.8. The second-order valence-electron chi connectivity index (χ2n) is 5.26. The minimum Gasteiger partial charge on any atom is -0.481 e. The average molecular weight is 256 g/mol. The Hall–Kier alpha value is -1.10. The third-order valence-electron chi connectivity index (χ3n) is 3.33. The number of carbonyl (C=O) groups is 2. The summed E-state index contributed by atoms with van der Waals surface area (Å²) < 4.78 is 0. The standard InChI is InChI=1S/C13H24N2O3/c1-9(2)14-8-7-12(16)15-11-6-4-3-5-10(11)13(17)18/h9-11,14H,3-8H2,1-2H3,(H,15,16)(H,17,18). The number of rotatable bonds is 6. The van der Waals surface area contributed by atoms with E-state index in [9.17, 15) is 9.59 Å². The Morgan fingerprint density at radius 3 is 2.56 bits per heavy atom. The van der Waals surface area contributed by atoms with Gasteiger partial charge in [0.1, 0.15) is 0 Å². The predicted molar refractivity (Wildman–Crippen MR) is 69.3 cm³/mol. The molecule has 1 rings (SSSR count). The van der Waals surface area contributed by atoms with E-state index in [0.29, 0.717) is 25.4 Å². The highest BCUT2D eigenvalue weighted by atomic mass is 16.4. The number of carboxylic acid groups (broad SMARTS) is 1. The van der Waals surface area contributed by atoms with Crippen LogP contribution in [0, 0.1) is 5.92 Å². The van der Waals surface area contributed by atoms with Gasteiger partial charge in [0, 0.05) is 25.0 Å². The van der Waals surface area contributed by atoms with Crippen molar-refractivity contribution in [1.82, 2.24) is 10.6 Å². The lowest BCUT2D eigenvalue weighted by Gasteiger charge is -2.29. The minimum absolute atomic E-state index is 0.0544. The second-order valence-corrected chi connectivity index (χ2v) is 5.26. The highest BCUT2D eigenvalue weighted by molar-refractivity contribution is 5.78. The van der Waals surface area contributed by atoms with Gasteiger partial charge in [0.2, 0.25) is 5.91 Å². The summed E-state index contributed by atoms with van der Waals surface area (Å²) in [6, 6.07) is 0.169. The molecule has 0 aliphatic heterocycles. The first-order chi connectivity index (χ1) is 8.50. The molecule has 0 saturated heterocycles. The summed E-state index contributed by atoms with van der Waals surface area (Å²) in [5.74, 6) is -1.26. The van der Waals surface area contributed by atoms with Crippen LogP contribution < -0.4 is 10.6 Å². The lowest BCUT2D eigenvalue weighted by molar-refractivity contribution is -0.144. The van der Waals surface area contributed by atoms with Gasteiger partial charge >= 0.3 is 5.97 Å². The SMILES string of the molecule is CC(C)NCCC(=O)NC1CCCCC1C(=O)O. The molecule has 1 aliphatic carbocycles. The van der Waals surface area contributed by atoms with Crippen molar-refractivity contribution in [2.45, 2.75) is 58.0 Å². The van der Waals surface area contributed by atoms with Crippen molar-refractivity contribution >= 4 is 11.9 Å². The van der Waals surface area contributed by atoms with Gasteiger partial charge in [-0.25, -0.2) is 0 Å². The molecule has 2 atom stereocenters. The number of hydrogen-bond donors (Lipinski definition) is 3. The molecule has 2 unspecified atom stereocenters. The molecule has 5 nitrogen and oxygen atoms in total. The predicted octanol–water partition coefficient (Wildman–Crippen LogP) is 1.13. The summed E-state index contributed by atoms with van der Waals surface area (Å²) >= 11 is 0. The van der Waals surface area contributed by atoms with Crippen molar-refractivity contribution in [1.29, 1.82) is 0 Å². The zero-order chi connectivity index (χ0) is 13.5. The van der Waals surface area contributed by atoms with Crippen LogP contribution in [0.15, 0.2) is 0 Å². The zero-order valence-electron chi connectivity index (χ0n) is 11.2. The van der Waals surface area contributed by atoms with Crippen LogP contribution in [0.5, 0.6) is 0 Å². The largest absolute Gasteiger partial charge is 0.481 e. The average Bonchev–Trinajstić information content (AvgIpc) is 2.28. The molecule has 3 N–H and O–H groups in total. The van der Waals surface area contributed by atoms with E-state index < -0.39 is 11.9 Å². The van der Waals surface area contributed by atoms with Crippen molar-refractivity contribution in [2.75, 3.05) is 6.54 Å². The van der Waals surface area contributed by atoms with Gasteiger partial charge in [-0.2, -0.15) is 0 Å². The van der Waals surface area contributed by atoms with E-state index in [0.717, 1.165) is 19.3 Å². The van der Waals surface area contributed by atoms with Gasteiger partial charge in [0.15, 0.2) is 0 Å². The maximum atomic E-state index is 11.7. The Balaban J connectivity index is 2.34. The van der Waals surface area contributed by atoms with Crippen LogP contribution >= 0.6 is 0 Å². The van der Waals surface area contributed by atoms with E-state index in [-0.39, 0.29) is 11.9 Å². The zero-order valence-corrected chi connectivity index (χ0v) is 11.2. The molecule has 1 amide bonds. The molecular formula is C13H24N2O3. The number of carbonyl (C=O) groups excluding carboxylic acids is 1. The van der Waals surface area contributed by atoms with Crippen molar-refractivity contribution in [3.63, 3.8) is 0 Å². The molecule has 104 valence electrons. The van der Waals surface area contributed by atoms with Crippen molar-refractivity contribution in [3.8, 4) is 0 Å². The topological polar surface area (TPSA) is 78.4 Å². The highest BCUT2D eigenvalue weighted by Crippen LogP contribution is 2.24. The fraction of sp³-hybridized carbons (Fsp3) is 0.846. The smallest absolute Gasteiger partial charge is 0.308 e. The molecule has 5 heteroatoms. The molecular weight excluding hydrogens is 232 g/mol. The van der Waals surface area contributed by atoms with Gasteiger partial charge in [-0.05, 0) is 12.8 Å². The summed E-state index contributed by atoms with van der Waals surface area (Å²) in [5, 5.41) is 15.1. The van der Waals surface area contributed by atoms with E-state index in [1.807, 2.05) is 13.8 Å². The quantitative estimate of drug-likeness (QED) is 0.666. The molecule has 0 aromatic carbocycles. The molecule has 0 aromatic rings. The van der Waals surface area contributed by atoms with Crippen molar-refractivity contribution in [2.24, 2.45) is 5.92 Å². The van der Waals surface area contributed by atoms with Gasteiger partial charge in [-0.15, -0.1) is 0 Å². The molecule has 18 heavy (non-hydrogen) atoms. The Morgan fingerprint density at radius 1 is 1.28 bits per heavy atom. The maximum absolute atomic E-state index is 11.7. The molecule has 1 saturated carbocycles. The Labute approximate surface area is 108 Å². The third kappa shape index (κ3) is 5.04. The molecule has 1 fully saturated rings. The lowest BCUT2D eigenvalue weighted by Crippen LogP contribution is -2.45. The van der Waals surface area contributed by atoms with Gasteiger partial charge in [-0.3, -0.25) is 9.59 Å². The first-order valence-corrected chi connectivity index (χ1v) is 6.76. The maximum Gasteiger partial charge on any atom is 0.308 e. The van der Waals surface area contributed by atoms with Gasteiger partial charge in [-0.1, -0.05) is 26.7 Å². The molecule has 0 heterocycles. The van der Waals surface area contributed by atoms with Crippen molar-refractivity contribution in [3.05, 3.63) is 0 Å².